The lowest BCUT2D eigenvalue weighted by Gasteiger charge is -2.16. The number of rotatable bonds is 3. The van der Waals surface area contributed by atoms with Gasteiger partial charge < -0.3 is 16.2 Å². The quantitative estimate of drug-likeness (QED) is 0.763. The fraction of sp³-hybridized carbons (Fsp3) is 0.222. The van der Waals surface area contributed by atoms with Crippen LogP contribution in [0.4, 0.5) is 11.8 Å². The number of nitrogens with zero attached hydrogens (tertiary/aromatic N) is 2. The van der Waals surface area contributed by atoms with Crippen molar-refractivity contribution >= 4 is 22.5 Å². The Morgan fingerprint density at radius 3 is 2.57 bits per heavy atom. The van der Waals surface area contributed by atoms with Crippen molar-refractivity contribution in [2.45, 2.75) is 26.7 Å². The summed E-state index contributed by atoms with van der Waals surface area (Å²) in [5.41, 5.74) is 13.8. The van der Waals surface area contributed by atoms with Gasteiger partial charge in [0.2, 0.25) is 5.95 Å². The maximum absolute atomic E-state index is 6.00. The molecule has 0 unspecified atom stereocenters. The second-order valence-corrected chi connectivity index (χ2v) is 5.92. The Balaban J connectivity index is 2.13. The zero-order valence-electron chi connectivity index (χ0n) is 13.5. The van der Waals surface area contributed by atoms with Crippen LogP contribution in [0.15, 0.2) is 36.5 Å². The van der Waals surface area contributed by atoms with E-state index in [1.807, 2.05) is 12.1 Å². The number of hydrogen-bond donors (Lipinski definition) is 2. The van der Waals surface area contributed by atoms with Crippen LogP contribution >= 0.6 is 0 Å². The molecule has 0 spiro atoms. The predicted octanol–water partition coefficient (Wildman–Crippen LogP) is 4.02. The van der Waals surface area contributed by atoms with Crippen molar-refractivity contribution in [1.29, 1.82) is 0 Å². The fourth-order valence-electron chi connectivity index (χ4n) is 2.61. The van der Waals surface area contributed by atoms with E-state index in [-0.39, 0.29) is 11.8 Å². The van der Waals surface area contributed by atoms with Crippen LogP contribution in [-0.2, 0) is 0 Å². The molecule has 5 nitrogen and oxygen atoms in total. The number of hydrogen-bond acceptors (Lipinski definition) is 5. The molecule has 0 saturated heterocycles. The molecule has 3 rings (SSSR count). The maximum Gasteiger partial charge on any atom is 0.222 e. The van der Waals surface area contributed by atoms with Crippen molar-refractivity contribution in [3.05, 3.63) is 47.7 Å². The van der Waals surface area contributed by atoms with Gasteiger partial charge in [-0.2, -0.15) is 4.98 Å². The van der Waals surface area contributed by atoms with Crippen LogP contribution in [0.25, 0.3) is 10.8 Å². The lowest BCUT2D eigenvalue weighted by molar-refractivity contribution is 0.472. The van der Waals surface area contributed by atoms with Gasteiger partial charge in [0.1, 0.15) is 5.75 Å². The number of fused-ring (bicyclic) bond motifs is 1. The largest absolute Gasteiger partial charge is 0.452 e. The number of benzene rings is 2. The molecule has 4 N–H and O–H groups in total. The second-order valence-electron chi connectivity index (χ2n) is 5.92. The molecule has 118 valence electrons. The van der Waals surface area contributed by atoms with E-state index in [0.29, 0.717) is 11.7 Å². The van der Waals surface area contributed by atoms with E-state index in [1.165, 1.54) is 17.1 Å². The molecular weight excluding hydrogens is 288 g/mol. The summed E-state index contributed by atoms with van der Waals surface area (Å²) in [6.45, 7) is 6.38. The van der Waals surface area contributed by atoms with E-state index in [4.69, 9.17) is 16.2 Å². The van der Waals surface area contributed by atoms with Crippen molar-refractivity contribution in [2.75, 3.05) is 11.5 Å². The summed E-state index contributed by atoms with van der Waals surface area (Å²) in [4.78, 5) is 7.89. The highest BCUT2D eigenvalue weighted by Gasteiger charge is 2.14. The van der Waals surface area contributed by atoms with Gasteiger partial charge >= 0.3 is 0 Å². The summed E-state index contributed by atoms with van der Waals surface area (Å²) in [6.07, 6.45) is 1.50. The van der Waals surface area contributed by atoms with Crippen LogP contribution in [0.2, 0.25) is 0 Å². The minimum Gasteiger partial charge on any atom is -0.452 e. The van der Waals surface area contributed by atoms with Gasteiger partial charge in [0.15, 0.2) is 11.6 Å². The van der Waals surface area contributed by atoms with Crippen LogP contribution < -0.4 is 16.2 Å². The molecule has 0 radical (unpaired) electrons. The Kier molecular flexibility index (Phi) is 3.78. The second kappa shape index (κ2) is 5.76. The minimum absolute atomic E-state index is 0.132. The minimum atomic E-state index is 0.132. The first-order valence-electron chi connectivity index (χ1n) is 7.55. The van der Waals surface area contributed by atoms with Crippen LogP contribution in [0.3, 0.4) is 0 Å². The number of nitrogens with two attached hydrogens (primary N) is 2. The van der Waals surface area contributed by atoms with E-state index >= 15 is 0 Å². The molecule has 23 heavy (non-hydrogen) atoms. The first kappa shape index (κ1) is 15.1. The molecule has 0 aliphatic heterocycles. The maximum atomic E-state index is 6.00. The van der Waals surface area contributed by atoms with Crippen LogP contribution in [0.1, 0.15) is 30.9 Å². The molecule has 5 heteroatoms. The molecular formula is C18H20N4O. The molecule has 0 fully saturated rings. The number of nitrogen functional groups attached to an aromatic ring is 2. The van der Waals surface area contributed by atoms with Crippen LogP contribution in [0, 0.1) is 6.92 Å². The summed E-state index contributed by atoms with van der Waals surface area (Å²) < 4.78 is 6.00. The normalized spacial score (nSPS) is 11.1. The van der Waals surface area contributed by atoms with Gasteiger partial charge in [0.05, 0.1) is 6.20 Å². The molecule has 3 aromatic rings. The number of ether oxygens (including phenoxy) is 1. The Bertz CT molecular complexity index is 874. The van der Waals surface area contributed by atoms with Gasteiger partial charge in [0.25, 0.3) is 0 Å². The Morgan fingerprint density at radius 2 is 1.87 bits per heavy atom. The van der Waals surface area contributed by atoms with Gasteiger partial charge in [-0.25, -0.2) is 4.98 Å². The number of aryl methyl sites for hydroxylation is 1. The summed E-state index contributed by atoms with van der Waals surface area (Å²) in [5.74, 6) is 1.85. The topological polar surface area (TPSA) is 87.0 Å². The van der Waals surface area contributed by atoms with Crippen molar-refractivity contribution in [3.8, 4) is 11.5 Å². The third-order valence-corrected chi connectivity index (χ3v) is 3.87. The zero-order chi connectivity index (χ0) is 16.6. The standard InChI is InChI=1S/C18H20N4O/c1-10(2)13-8-14-11(3)5-4-6-12(14)7-15(13)23-16-9-21-18(20)22-17(16)19/h4-10H,1-3H3,(H4,19,20,21,22). The van der Waals surface area contributed by atoms with E-state index in [2.05, 4.69) is 48.9 Å². The van der Waals surface area contributed by atoms with E-state index in [0.717, 1.165) is 16.7 Å². The molecule has 0 aliphatic carbocycles. The van der Waals surface area contributed by atoms with E-state index in [1.54, 1.807) is 0 Å². The summed E-state index contributed by atoms with van der Waals surface area (Å²) in [6, 6.07) is 10.4. The average Bonchev–Trinajstić information content (AvgIpc) is 2.49. The van der Waals surface area contributed by atoms with E-state index in [9.17, 15) is 0 Å². The molecule has 2 aromatic carbocycles. The van der Waals surface area contributed by atoms with Crippen molar-refractivity contribution in [2.24, 2.45) is 0 Å². The predicted molar refractivity (Wildman–Crippen MR) is 93.7 cm³/mol. The van der Waals surface area contributed by atoms with Gasteiger partial charge in [0, 0.05) is 0 Å². The molecule has 1 heterocycles. The highest BCUT2D eigenvalue weighted by atomic mass is 16.5. The van der Waals surface area contributed by atoms with Crippen molar-refractivity contribution in [1.82, 2.24) is 9.97 Å². The highest BCUT2D eigenvalue weighted by Crippen LogP contribution is 2.36. The van der Waals surface area contributed by atoms with Crippen molar-refractivity contribution < 1.29 is 4.74 Å². The molecule has 1 aromatic heterocycles. The van der Waals surface area contributed by atoms with Gasteiger partial charge in [-0.05, 0) is 46.9 Å². The lowest BCUT2D eigenvalue weighted by Crippen LogP contribution is -2.02. The molecule has 0 atom stereocenters. The first-order chi connectivity index (χ1) is 11.0. The third kappa shape index (κ3) is 2.90. The van der Waals surface area contributed by atoms with Crippen molar-refractivity contribution in [3.63, 3.8) is 0 Å². The highest BCUT2D eigenvalue weighted by molar-refractivity contribution is 5.88. The molecule has 0 saturated carbocycles. The monoisotopic (exact) mass is 308 g/mol. The van der Waals surface area contributed by atoms with Crippen LogP contribution in [0.5, 0.6) is 11.5 Å². The van der Waals surface area contributed by atoms with Gasteiger partial charge in [-0.1, -0.05) is 32.0 Å². The summed E-state index contributed by atoms with van der Waals surface area (Å²) in [7, 11) is 0. The third-order valence-electron chi connectivity index (χ3n) is 3.87. The van der Waals surface area contributed by atoms with Gasteiger partial charge in [-0.3, -0.25) is 0 Å². The van der Waals surface area contributed by atoms with Crippen LogP contribution in [-0.4, -0.2) is 9.97 Å². The summed E-state index contributed by atoms with van der Waals surface area (Å²) in [5, 5.41) is 2.35. The smallest absolute Gasteiger partial charge is 0.222 e. The first-order valence-corrected chi connectivity index (χ1v) is 7.55. The molecule has 0 aliphatic rings. The SMILES string of the molecule is Cc1cccc2cc(Oc3cnc(N)nc3N)c(C(C)C)cc12. The van der Waals surface area contributed by atoms with Gasteiger partial charge in [-0.15, -0.1) is 0 Å². The Morgan fingerprint density at radius 1 is 1.09 bits per heavy atom. The number of aromatic nitrogens is 2. The number of anilines is 2. The molecule has 0 bridgehead atoms. The molecule has 0 amide bonds. The Labute approximate surface area is 135 Å². The zero-order valence-corrected chi connectivity index (χ0v) is 13.5. The van der Waals surface area contributed by atoms with E-state index < -0.39 is 0 Å². The average molecular weight is 308 g/mol. The summed E-state index contributed by atoms with van der Waals surface area (Å²) >= 11 is 0. The lowest BCUT2D eigenvalue weighted by atomic mass is 9.96. The Hall–Kier alpha value is -2.82. The fourth-order valence-corrected chi connectivity index (χ4v) is 2.61.